The van der Waals surface area contributed by atoms with E-state index in [2.05, 4.69) is 14.8 Å². The number of para-hydroxylation sites is 1. The summed E-state index contributed by atoms with van der Waals surface area (Å²) in [5, 5.41) is 2.65. The molecule has 1 aliphatic rings. The molecule has 36 heavy (non-hydrogen) atoms. The number of fused-ring (bicyclic) bond motifs is 2. The van der Waals surface area contributed by atoms with Gasteiger partial charge in [-0.25, -0.2) is 4.79 Å². The van der Waals surface area contributed by atoms with Crippen molar-refractivity contribution in [2.75, 3.05) is 20.3 Å². The summed E-state index contributed by atoms with van der Waals surface area (Å²) < 4.78 is 49.0. The van der Waals surface area contributed by atoms with Crippen LogP contribution in [-0.4, -0.2) is 59.6 Å². The van der Waals surface area contributed by atoms with Gasteiger partial charge in [-0.15, -0.1) is 5.06 Å². The zero-order valence-corrected chi connectivity index (χ0v) is 19.1. The highest BCUT2D eigenvalue weighted by atomic mass is 19.4. The second kappa shape index (κ2) is 9.32. The third-order valence-corrected chi connectivity index (χ3v) is 6.17. The number of alkyl halides is 3. The van der Waals surface area contributed by atoms with Crippen molar-refractivity contribution >= 4 is 27.8 Å². The molecule has 2 atom stereocenters. The number of halogens is 3. The Morgan fingerprint density at radius 1 is 1.06 bits per heavy atom. The van der Waals surface area contributed by atoms with Gasteiger partial charge in [0.1, 0.15) is 12.4 Å². The van der Waals surface area contributed by atoms with Crippen LogP contribution in [0.1, 0.15) is 6.42 Å². The number of hydroxylamine groups is 2. The van der Waals surface area contributed by atoms with Gasteiger partial charge in [-0.2, -0.15) is 13.2 Å². The third-order valence-electron chi connectivity index (χ3n) is 6.17. The molecule has 2 N–H and O–H groups in total. The van der Waals surface area contributed by atoms with Crippen molar-refractivity contribution in [1.82, 2.24) is 15.0 Å². The molecule has 188 valence electrons. The Morgan fingerprint density at radius 2 is 1.83 bits per heavy atom. The lowest BCUT2D eigenvalue weighted by molar-refractivity contribution is -0.243. The van der Waals surface area contributed by atoms with Crippen molar-refractivity contribution in [3.8, 4) is 17.0 Å². The van der Waals surface area contributed by atoms with Gasteiger partial charge in [0.25, 0.3) is 5.56 Å². The Balaban J connectivity index is 1.33. The highest BCUT2D eigenvalue weighted by Crippen LogP contribution is 2.29. The molecule has 5 rings (SSSR count). The van der Waals surface area contributed by atoms with Crippen molar-refractivity contribution in [3.63, 3.8) is 0 Å². The first-order valence-corrected chi connectivity index (χ1v) is 11.2. The third kappa shape index (κ3) is 4.79. The molecule has 1 saturated heterocycles. The maximum Gasteiger partial charge on any atom is 0.492 e. The fraction of sp³-hybridized carbons (Fsp3) is 0.280. The van der Waals surface area contributed by atoms with Crippen LogP contribution in [0.5, 0.6) is 5.75 Å². The molecule has 0 aliphatic carbocycles. The fourth-order valence-corrected chi connectivity index (χ4v) is 4.32. The summed E-state index contributed by atoms with van der Waals surface area (Å²) in [6.07, 6.45) is -5.15. The average Bonchev–Trinajstić information content (AvgIpc) is 3.44. The number of carbonyl (C=O) groups excluding carboxylic acids is 1. The van der Waals surface area contributed by atoms with E-state index in [0.29, 0.717) is 23.4 Å². The molecule has 0 saturated carbocycles. The number of aromatic amines is 2. The van der Waals surface area contributed by atoms with Gasteiger partial charge in [0.2, 0.25) is 0 Å². The molecule has 3 heterocycles. The number of hydrogen-bond acceptors (Lipinski definition) is 6. The summed E-state index contributed by atoms with van der Waals surface area (Å²) in [7, 11) is 1.44. The summed E-state index contributed by atoms with van der Waals surface area (Å²) in [5.74, 6) is -1.81. The highest BCUT2D eigenvalue weighted by molar-refractivity contribution is 5.89. The molecule has 0 radical (unpaired) electrons. The zero-order chi connectivity index (χ0) is 25.4. The van der Waals surface area contributed by atoms with E-state index in [0.717, 1.165) is 26.9 Å². The summed E-state index contributed by atoms with van der Waals surface area (Å²) in [5.41, 5.74) is 2.44. The van der Waals surface area contributed by atoms with Crippen LogP contribution in [0.2, 0.25) is 0 Å². The van der Waals surface area contributed by atoms with E-state index < -0.39 is 24.3 Å². The SMILES string of the molecule is CO[C@@H]1C[C@H](COc2ccc3[nH]c(-c4cc5ccccc5[nH]c4=O)cc3c2)N(OC(=O)C(F)(F)F)C1. The molecule has 1 aliphatic heterocycles. The number of nitrogens with one attached hydrogen (secondary N) is 2. The fourth-order valence-electron chi connectivity index (χ4n) is 4.32. The smallest absolute Gasteiger partial charge is 0.492 e. The van der Waals surface area contributed by atoms with Crippen LogP contribution in [0.15, 0.2) is 59.4 Å². The van der Waals surface area contributed by atoms with E-state index >= 15 is 0 Å². The Bertz CT molecular complexity index is 1480. The van der Waals surface area contributed by atoms with Crippen molar-refractivity contribution in [2.45, 2.75) is 24.7 Å². The maximum atomic E-state index is 12.6. The number of hydrogen-bond donors (Lipinski definition) is 2. The average molecular weight is 501 g/mol. The molecule has 11 heteroatoms. The summed E-state index contributed by atoms with van der Waals surface area (Å²) >= 11 is 0. The van der Waals surface area contributed by atoms with Crippen LogP contribution in [0, 0.1) is 0 Å². The minimum absolute atomic E-state index is 0.00680. The molecule has 2 aromatic heterocycles. The van der Waals surface area contributed by atoms with E-state index in [4.69, 9.17) is 9.47 Å². The molecule has 0 unspecified atom stereocenters. The summed E-state index contributed by atoms with van der Waals surface area (Å²) in [6.45, 7) is -0.00895. The van der Waals surface area contributed by atoms with Gasteiger partial charge < -0.3 is 24.3 Å². The number of carbonyl (C=O) groups is 1. The van der Waals surface area contributed by atoms with E-state index in [-0.39, 0.29) is 18.7 Å². The molecule has 0 spiro atoms. The van der Waals surface area contributed by atoms with Crippen LogP contribution in [0.25, 0.3) is 33.1 Å². The van der Waals surface area contributed by atoms with Crippen LogP contribution in [-0.2, 0) is 14.4 Å². The van der Waals surface area contributed by atoms with Gasteiger partial charge in [0.15, 0.2) is 0 Å². The second-order valence-electron chi connectivity index (χ2n) is 8.57. The van der Waals surface area contributed by atoms with Crippen molar-refractivity contribution < 1.29 is 32.3 Å². The van der Waals surface area contributed by atoms with Crippen LogP contribution >= 0.6 is 0 Å². The van der Waals surface area contributed by atoms with Crippen molar-refractivity contribution in [1.29, 1.82) is 0 Å². The molecule has 0 bridgehead atoms. The van der Waals surface area contributed by atoms with E-state index in [1.807, 2.05) is 36.4 Å². The van der Waals surface area contributed by atoms with Crippen LogP contribution in [0.3, 0.4) is 0 Å². The van der Waals surface area contributed by atoms with E-state index in [9.17, 15) is 22.8 Å². The lowest BCUT2D eigenvalue weighted by atomic mass is 10.1. The number of rotatable bonds is 6. The number of nitrogens with zero attached hydrogens (tertiary/aromatic N) is 1. The summed E-state index contributed by atoms with van der Waals surface area (Å²) in [4.78, 5) is 34.6. The zero-order valence-electron chi connectivity index (χ0n) is 19.1. The van der Waals surface area contributed by atoms with Crippen LogP contribution in [0.4, 0.5) is 13.2 Å². The minimum atomic E-state index is -5.10. The first-order chi connectivity index (χ1) is 17.2. The van der Waals surface area contributed by atoms with Gasteiger partial charge in [0.05, 0.1) is 29.9 Å². The molecule has 4 aromatic rings. The lowest BCUT2D eigenvalue weighted by Crippen LogP contribution is -2.40. The van der Waals surface area contributed by atoms with E-state index in [1.54, 1.807) is 18.2 Å². The number of H-pyrrole nitrogens is 2. The normalized spacial score (nSPS) is 18.7. The van der Waals surface area contributed by atoms with Crippen molar-refractivity contribution in [2.24, 2.45) is 0 Å². The number of pyridine rings is 1. The minimum Gasteiger partial charge on any atom is -0.492 e. The van der Waals surface area contributed by atoms with Gasteiger partial charge in [-0.05, 0) is 48.2 Å². The largest absolute Gasteiger partial charge is 0.492 e. The van der Waals surface area contributed by atoms with Crippen LogP contribution < -0.4 is 10.3 Å². The monoisotopic (exact) mass is 501 g/mol. The van der Waals surface area contributed by atoms with Gasteiger partial charge in [-0.1, -0.05) is 18.2 Å². The number of benzene rings is 2. The molecular formula is C25H22F3N3O5. The van der Waals surface area contributed by atoms with Crippen molar-refractivity contribution in [3.05, 3.63) is 65.0 Å². The Kier molecular flexibility index (Phi) is 6.19. The summed E-state index contributed by atoms with van der Waals surface area (Å²) in [6, 6.07) is 15.8. The first-order valence-electron chi connectivity index (χ1n) is 11.2. The molecular weight excluding hydrogens is 479 g/mol. The standard InChI is InChI=1S/C25H22F3N3O5/c1-34-18-11-16(31(12-18)36-24(33)25(26,27)28)13-35-17-6-7-21-15(8-17)10-22(29-21)19-9-14-4-2-3-5-20(14)30-23(19)32/h2-10,16,18,29H,11-13H2,1H3,(H,30,32)/t16-,18-/m1/s1. The van der Waals surface area contributed by atoms with E-state index in [1.165, 1.54) is 7.11 Å². The second-order valence-corrected chi connectivity index (χ2v) is 8.57. The number of aromatic nitrogens is 2. The Morgan fingerprint density at radius 3 is 2.61 bits per heavy atom. The van der Waals surface area contributed by atoms with Gasteiger partial charge >= 0.3 is 12.1 Å². The number of ether oxygens (including phenoxy) is 2. The van der Waals surface area contributed by atoms with Gasteiger partial charge in [0, 0.05) is 23.5 Å². The first kappa shape index (κ1) is 23.9. The Hall–Kier alpha value is -3.83. The number of methoxy groups -OCH3 is 1. The predicted molar refractivity (Wildman–Crippen MR) is 125 cm³/mol. The lowest BCUT2D eigenvalue weighted by Gasteiger charge is -2.23. The Labute approximate surface area is 202 Å². The molecule has 1 fully saturated rings. The van der Waals surface area contributed by atoms with Gasteiger partial charge in [-0.3, -0.25) is 4.79 Å². The molecule has 0 amide bonds. The maximum absolute atomic E-state index is 12.6. The molecule has 2 aromatic carbocycles. The quantitative estimate of drug-likeness (QED) is 0.412. The topological polar surface area (TPSA) is 96.7 Å². The highest BCUT2D eigenvalue weighted by Gasteiger charge is 2.45. The predicted octanol–water partition coefficient (Wildman–Crippen LogP) is 4.17. The molecule has 8 nitrogen and oxygen atoms in total.